The first kappa shape index (κ1) is 24.4. The lowest BCUT2D eigenvalue weighted by Gasteiger charge is -2.10. The van der Waals surface area contributed by atoms with Crippen LogP contribution in [0.3, 0.4) is 0 Å². The van der Waals surface area contributed by atoms with Gasteiger partial charge >= 0.3 is 0 Å². The highest BCUT2D eigenvalue weighted by Crippen LogP contribution is 2.27. The summed E-state index contributed by atoms with van der Waals surface area (Å²) in [6.45, 7) is 0.841. The van der Waals surface area contributed by atoms with Gasteiger partial charge in [-0.3, -0.25) is 20.4 Å². The molecule has 3 rings (SSSR count). The maximum absolute atomic E-state index is 12.2. The van der Waals surface area contributed by atoms with Gasteiger partial charge in [-0.05, 0) is 54.4 Å². The summed E-state index contributed by atoms with van der Waals surface area (Å²) in [6.07, 6.45) is 1.43. The summed E-state index contributed by atoms with van der Waals surface area (Å²) in [4.78, 5) is 24.2. The number of benzene rings is 3. The van der Waals surface area contributed by atoms with E-state index in [2.05, 4.69) is 10.9 Å². The number of carbonyl (C=O) groups excluding carboxylic acids is 2. The molecule has 0 saturated heterocycles. The quantitative estimate of drug-likeness (QED) is 0.303. The van der Waals surface area contributed by atoms with Crippen LogP contribution in [0.4, 0.5) is 0 Å². The summed E-state index contributed by atoms with van der Waals surface area (Å²) in [6, 6.07) is 21.7. The predicted octanol–water partition coefficient (Wildman–Crippen LogP) is 5.24. The minimum absolute atomic E-state index is 0.180. The van der Waals surface area contributed by atoms with Crippen LogP contribution in [0.25, 0.3) is 0 Å². The number of rotatable bonds is 10. The average Bonchev–Trinajstić information content (AvgIpc) is 2.82. The van der Waals surface area contributed by atoms with Crippen LogP contribution in [0.5, 0.6) is 11.5 Å². The Labute approximate surface area is 202 Å². The lowest BCUT2D eigenvalue weighted by molar-refractivity contribution is -0.122. The summed E-state index contributed by atoms with van der Waals surface area (Å²) in [5, 5.41) is 0.930. The fraction of sp³-hybridized carbons (Fsp3) is 0.200. The molecule has 0 atom stereocenters. The lowest BCUT2D eigenvalue weighted by Crippen LogP contribution is -2.41. The number of amides is 2. The Bertz CT molecular complexity index is 1060. The van der Waals surface area contributed by atoms with E-state index in [0.717, 1.165) is 6.42 Å². The van der Waals surface area contributed by atoms with Gasteiger partial charge in [-0.2, -0.15) is 0 Å². The number of hydrazine groups is 1. The van der Waals surface area contributed by atoms with Crippen molar-refractivity contribution in [1.29, 1.82) is 0 Å². The van der Waals surface area contributed by atoms with Crippen molar-refractivity contribution in [3.05, 3.63) is 94.0 Å². The van der Waals surface area contributed by atoms with Crippen LogP contribution >= 0.6 is 23.2 Å². The molecule has 33 heavy (non-hydrogen) atoms. The molecular weight excluding hydrogens is 463 g/mol. The molecule has 0 saturated carbocycles. The fourth-order valence-electron chi connectivity index (χ4n) is 2.90. The van der Waals surface area contributed by atoms with Crippen LogP contribution < -0.4 is 20.3 Å². The van der Waals surface area contributed by atoms with Crippen molar-refractivity contribution in [3.8, 4) is 11.5 Å². The van der Waals surface area contributed by atoms with Crippen molar-refractivity contribution < 1.29 is 19.1 Å². The van der Waals surface area contributed by atoms with Gasteiger partial charge < -0.3 is 9.47 Å². The van der Waals surface area contributed by atoms with E-state index < -0.39 is 5.91 Å². The predicted molar refractivity (Wildman–Crippen MR) is 129 cm³/mol. The van der Waals surface area contributed by atoms with Crippen LogP contribution in [0.15, 0.2) is 72.8 Å². The smallest absolute Gasteiger partial charge is 0.269 e. The van der Waals surface area contributed by atoms with E-state index in [0.29, 0.717) is 46.7 Å². The van der Waals surface area contributed by atoms with E-state index >= 15 is 0 Å². The minimum Gasteiger partial charge on any atom is -0.493 e. The topological polar surface area (TPSA) is 76.7 Å². The molecule has 0 bridgehead atoms. The summed E-state index contributed by atoms with van der Waals surface area (Å²) < 4.78 is 11.2. The number of halogens is 2. The van der Waals surface area contributed by atoms with Crippen molar-refractivity contribution in [2.45, 2.75) is 19.3 Å². The van der Waals surface area contributed by atoms with Crippen LogP contribution in [0.2, 0.25) is 10.0 Å². The Morgan fingerprint density at radius 1 is 0.818 bits per heavy atom. The van der Waals surface area contributed by atoms with Crippen LogP contribution in [0, 0.1) is 0 Å². The Morgan fingerprint density at radius 3 is 2.30 bits per heavy atom. The van der Waals surface area contributed by atoms with Crippen molar-refractivity contribution in [3.63, 3.8) is 0 Å². The molecular formula is C25H24Cl2N2O4. The Morgan fingerprint density at radius 2 is 1.58 bits per heavy atom. The number of ether oxygens (including phenoxy) is 2. The molecule has 0 aliphatic heterocycles. The average molecular weight is 487 g/mol. The monoisotopic (exact) mass is 486 g/mol. The van der Waals surface area contributed by atoms with Crippen molar-refractivity contribution in [1.82, 2.24) is 10.9 Å². The second kappa shape index (κ2) is 12.7. The number of carbonyl (C=O) groups is 2. The largest absolute Gasteiger partial charge is 0.493 e. The summed E-state index contributed by atoms with van der Waals surface area (Å²) in [5.74, 6) is 0.438. The number of hydrogen-bond donors (Lipinski definition) is 2. The van der Waals surface area contributed by atoms with Gasteiger partial charge in [0.2, 0.25) is 5.91 Å². The third-order valence-corrected chi connectivity index (χ3v) is 5.16. The van der Waals surface area contributed by atoms with Gasteiger partial charge in [0.05, 0.1) is 18.2 Å². The van der Waals surface area contributed by atoms with Crippen LogP contribution in [-0.2, 0) is 11.2 Å². The number of nitrogens with one attached hydrogen (secondary N) is 2. The molecule has 0 aliphatic carbocycles. The number of hydrogen-bond acceptors (Lipinski definition) is 4. The first-order chi connectivity index (χ1) is 16.0. The minimum atomic E-state index is -0.414. The first-order valence-corrected chi connectivity index (χ1v) is 11.2. The fourth-order valence-corrected chi connectivity index (χ4v) is 3.37. The summed E-state index contributed by atoms with van der Waals surface area (Å²) >= 11 is 11.9. The van der Waals surface area contributed by atoms with Gasteiger partial charge in [-0.1, -0.05) is 53.5 Å². The second-order valence-electron chi connectivity index (χ2n) is 7.14. The van der Waals surface area contributed by atoms with E-state index in [1.54, 1.807) is 42.5 Å². The molecule has 0 heterocycles. The zero-order valence-corrected chi connectivity index (χ0v) is 19.4. The Hall–Kier alpha value is -3.22. The first-order valence-electron chi connectivity index (χ1n) is 10.4. The van der Waals surface area contributed by atoms with E-state index in [4.69, 9.17) is 32.7 Å². The molecule has 2 N–H and O–H groups in total. The molecule has 0 aromatic heterocycles. The lowest BCUT2D eigenvalue weighted by atomic mass is 10.2. The normalized spacial score (nSPS) is 10.4. The highest BCUT2D eigenvalue weighted by atomic mass is 35.5. The van der Waals surface area contributed by atoms with E-state index in [1.165, 1.54) is 5.56 Å². The Kier molecular flexibility index (Phi) is 9.42. The van der Waals surface area contributed by atoms with E-state index in [-0.39, 0.29) is 12.3 Å². The van der Waals surface area contributed by atoms with E-state index in [1.807, 2.05) is 30.3 Å². The molecule has 3 aromatic rings. The maximum Gasteiger partial charge on any atom is 0.269 e. The molecule has 0 unspecified atom stereocenters. The SMILES string of the molecule is O=C(CCCOc1ccc(Cl)cc1Cl)NNC(=O)c1ccc(OCCc2ccccc2)cc1. The molecule has 2 amide bonds. The zero-order valence-electron chi connectivity index (χ0n) is 17.9. The highest BCUT2D eigenvalue weighted by molar-refractivity contribution is 6.35. The molecule has 0 radical (unpaired) electrons. The summed E-state index contributed by atoms with van der Waals surface area (Å²) in [7, 11) is 0. The van der Waals surface area contributed by atoms with Gasteiger partial charge in [0.15, 0.2) is 0 Å². The molecule has 0 fully saturated rings. The zero-order chi connectivity index (χ0) is 23.5. The van der Waals surface area contributed by atoms with Crippen molar-refractivity contribution >= 4 is 35.0 Å². The Balaban J connectivity index is 1.32. The third kappa shape index (κ3) is 8.33. The molecule has 0 aliphatic rings. The summed E-state index contributed by atoms with van der Waals surface area (Å²) in [5.41, 5.74) is 6.41. The van der Waals surface area contributed by atoms with Gasteiger partial charge in [-0.25, -0.2) is 0 Å². The van der Waals surface area contributed by atoms with Crippen LogP contribution in [0.1, 0.15) is 28.8 Å². The van der Waals surface area contributed by atoms with Gasteiger partial charge in [-0.15, -0.1) is 0 Å². The van der Waals surface area contributed by atoms with Crippen LogP contribution in [-0.4, -0.2) is 25.0 Å². The maximum atomic E-state index is 12.2. The standard InChI is InChI=1S/C25H24Cl2N2O4/c26-20-10-13-23(22(27)17-20)33-15-4-7-24(30)28-29-25(31)19-8-11-21(12-9-19)32-16-14-18-5-2-1-3-6-18/h1-3,5-6,8-13,17H,4,7,14-16H2,(H,28,30)(H,29,31). The van der Waals surface area contributed by atoms with Gasteiger partial charge in [0, 0.05) is 23.4 Å². The molecule has 3 aromatic carbocycles. The highest BCUT2D eigenvalue weighted by Gasteiger charge is 2.08. The second-order valence-corrected chi connectivity index (χ2v) is 7.98. The van der Waals surface area contributed by atoms with E-state index in [9.17, 15) is 9.59 Å². The molecule has 172 valence electrons. The molecule has 0 spiro atoms. The van der Waals surface area contributed by atoms with Gasteiger partial charge in [0.25, 0.3) is 5.91 Å². The van der Waals surface area contributed by atoms with Gasteiger partial charge in [0.1, 0.15) is 11.5 Å². The molecule has 6 nitrogen and oxygen atoms in total. The van der Waals surface area contributed by atoms with Crippen molar-refractivity contribution in [2.24, 2.45) is 0 Å². The third-order valence-electron chi connectivity index (χ3n) is 4.63. The van der Waals surface area contributed by atoms with Crippen molar-refractivity contribution in [2.75, 3.05) is 13.2 Å². The molecule has 8 heteroatoms.